The standard InChI is InChI=1S/C21H26N2O2/c1-14-6-7-18(10-15(14)2)25-9-5-8-23-20-12-17(4)16(3)11-19(20)22-21(23)13-24/h6-7,10-12,24H,5,8-9,13H2,1-4H3. The summed E-state index contributed by atoms with van der Waals surface area (Å²) in [5, 5.41) is 9.63. The Bertz CT molecular complexity index is 897. The van der Waals surface area contributed by atoms with Gasteiger partial charge in [0.05, 0.1) is 17.6 Å². The zero-order valence-corrected chi connectivity index (χ0v) is 15.5. The zero-order chi connectivity index (χ0) is 18.0. The van der Waals surface area contributed by atoms with Crippen molar-refractivity contribution < 1.29 is 9.84 Å². The molecule has 1 aromatic heterocycles. The fourth-order valence-corrected chi connectivity index (χ4v) is 3.02. The maximum atomic E-state index is 9.63. The van der Waals surface area contributed by atoms with Crippen molar-refractivity contribution in [3.8, 4) is 5.75 Å². The van der Waals surface area contributed by atoms with Crippen LogP contribution in [0, 0.1) is 27.7 Å². The normalized spacial score (nSPS) is 11.2. The summed E-state index contributed by atoms with van der Waals surface area (Å²) < 4.78 is 7.97. The molecule has 0 aliphatic rings. The molecule has 132 valence electrons. The van der Waals surface area contributed by atoms with Crippen LogP contribution in [-0.2, 0) is 13.2 Å². The molecule has 0 saturated carbocycles. The van der Waals surface area contributed by atoms with E-state index in [2.05, 4.69) is 61.5 Å². The Kier molecular flexibility index (Phi) is 5.09. The lowest BCUT2D eigenvalue weighted by Gasteiger charge is -2.11. The number of ether oxygens (including phenoxy) is 1. The van der Waals surface area contributed by atoms with Gasteiger partial charge in [0.15, 0.2) is 0 Å². The van der Waals surface area contributed by atoms with Gasteiger partial charge in [0, 0.05) is 6.54 Å². The van der Waals surface area contributed by atoms with Crippen LogP contribution in [0.1, 0.15) is 34.5 Å². The number of aliphatic hydroxyl groups excluding tert-OH is 1. The molecule has 3 rings (SSSR count). The third-order valence-corrected chi connectivity index (χ3v) is 4.86. The third-order valence-electron chi connectivity index (χ3n) is 4.86. The maximum absolute atomic E-state index is 9.63. The van der Waals surface area contributed by atoms with Crippen molar-refractivity contribution in [2.75, 3.05) is 6.61 Å². The van der Waals surface area contributed by atoms with E-state index in [1.54, 1.807) is 0 Å². The van der Waals surface area contributed by atoms with E-state index in [9.17, 15) is 5.11 Å². The molecule has 0 aliphatic heterocycles. The largest absolute Gasteiger partial charge is 0.494 e. The van der Waals surface area contributed by atoms with Crippen molar-refractivity contribution in [2.45, 2.75) is 47.3 Å². The average Bonchev–Trinajstić information content (AvgIpc) is 2.92. The summed E-state index contributed by atoms with van der Waals surface area (Å²) in [5.41, 5.74) is 7.01. The van der Waals surface area contributed by atoms with Gasteiger partial charge >= 0.3 is 0 Å². The van der Waals surface area contributed by atoms with Crippen LogP contribution in [0.25, 0.3) is 11.0 Å². The lowest BCUT2D eigenvalue weighted by atomic mass is 10.1. The Balaban J connectivity index is 1.70. The number of fused-ring (bicyclic) bond motifs is 1. The van der Waals surface area contributed by atoms with Gasteiger partial charge in [0.2, 0.25) is 0 Å². The summed E-state index contributed by atoms with van der Waals surface area (Å²) in [4.78, 5) is 4.56. The predicted octanol–water partition coefficient (Wildman–Crippen LogP) is 4.23. The molecule has 25 heavy (non-hydrogen) atoms. The topological polar surface area (TPSA) is 47.3 Å². The molecule has 0 aliphatic carbocycles. The van der Waals surface area contributed by atoms with E-state index in [-0.39, 0.29) is 6.61 Å². The van der Waals surface area contributed by atoms with Gasteiger partial charge in [-0.05, 0) is 80.6 Å². The molecular weight excluding hydrogens is 312 g/mol. The number of aliphatic hydroxyl groups is 1. The molecule has 2 aromatic carbocycles. The van der Waals surface area contributed by atoms with Crippen molar-refractivity contribution in [2.24, 2.45) is 0 Å². The highest BCUT2D eigenvalue weighted by molar-refractivity contribution is 5.78. The quantitative estimate of drug-likeness (QED) is 0.684. The molecule has 0 atom stereocenters. The number of imidazole rings is 1. The summed E-state index contributed by atoms with van der Waals surface area (Å²) in [7, 11) is 0. The van der Waals surface area contributed by atoms with Gasteiger partial charge in [-0.3, -0.25) is 0 Å². The molecular formula is C21H26N2O2. The monoisotopic (exact) mass is 338 g/mol. The molecule has 0 saturated heterocycles. The lowest BCUT2D eigenvalue weighted by Crippen LogP contribution is -2.08. The molecule has 1 N–H and O–H groups in total. The first-order valence-electron chi connectivity index (χ1n) is 8.77. The van der Waals surface area contributed by atoms with Crippen LogP contribution in [0.15, 0.2) is 30.3 Å². The van der Waals surface area contributed by atoms with Gasteiger partial charge in [-0.15, -0.1) is 0 Å². The predicted molar refractivity (Wildman–Crippen MR) is 101 cm³/mol. The second-order valence-electron chi connectivity index (χ2n) is 6.71. The van der Waals surface area contributed by atoms with E-state index in [1.165, 1.54) is 22.3 Å². The molecule has 0 radical (unpaired) electrons. The second-order valence-corrected chi connectivity index (χ2v) is 6.71. The van der Waals surface area contributed by atoms with Crippen LogP contribution in [0.3, 0.4) is 0 Å². The molecule has 4 nitrogen and oxygen atoms in total. The highest BCUT2D eigenvalue weighted by Gasteiger charge is 2.11. The number of aryl methyl sites for hydroxylation is 5. The van der Waals surface area contributed by atoms with Crippen LogP contribution in [0.2, 0.25) is 0 Å². The average molecular weight is 338 g/mol. The highest BCUT2D eigenvalue weighted by Crippen LogP contribution is 2.22. The van der Waals surface area contributed by atoms with Crippen molar-refractivity contribution >= 4 is 11.0 Å². The molecule has 1 heterocycles. The molecule has 0 spiro atoms. The van der Waals surface area contributed by atoms with E-state index >= 15 is 0 Å². The van der Waals surface area contributed by atoms with E-state index in [0.29, 0.717) is 12.4 Å². The van der Waals surface area contributed by atoms with Crippen LogP contribution >= 0.6 is 0 Å². The van der Waals surface area contributed by atoms with Crippen molar-refractivity contribution in [3.05, 3.63) is 58.4 Å². The van der Waals surface area contributed by atoms with E-state index < -0.39 is 0 Å². The maximum Gasteiger partial charge on any atom is 0.135 e. The Morgan fingerprint density at radius 3 is 2.40 bits per heavy atom. The first-order valence-corrected chi connectivity index (χ1v) is 8.77. The summed E-state index contributed by atoms with van der Waals surface area (Å²) in [6.07, 6.45) is 0.859. The van der Waals surface area contributed by atoms with Gasteiger partial charge in [-0.1, -0.05) is 6.07 Å². The second kappa shape index (κ2) is 7.28. The van der Waals surface area contributed by atoms with Gasteiger partial charge < -0.3 is 14.4 Å². The minimum atomic E-state index is -0.0508. The Hall–Kier alpha value is -2.33. The van der Waals surface area contributed by atoms with Gasteiger partial charge in [0.1, 0.15) is 18.2 Å². The van der Waals surface area contributed by atoms with Crippen molar-refractivity contribution in [1.82, 2.24) is 9.55 Å². The zero-order valence-electron chi connectivity index (χ0n) is 15.5. The highest BCUT2D eigenvalue weighted by atomic mass is 16.5. The number of rotatable bonds is 6. The number of hydrogen-bond acceptors (Lipinski definition) is 3. The molecule has 0 bridgehead atoms. The SMILES string of the molecule is Cc1ccc(OCCCn2c(CO)nc3cc(C)c(C)cc32)cc1C. The van der Waals surface area contributed by atoms with Crippen LogP contribution < -0.4 is 4.74 Å². The Morgan fingerprint density at radius 2 is 1.68 bits per heavy atom. The summed E-state index contributed by atoms with van der Waals surface area (Å²) in [6.45, 7) is 9.75. The van der Waals surface area contributed by atoms with Crippen molar-refractivity contribution in [1.29, 1.82) is 0 Å². The first kappa shape index (κ1) is 17.5. The summed E-state index contributed by atoms with van der Waals surface area (Å²) in [6, 6.07) is 10.4. The van der Waals surface area contributed by atoms with Gasteiger partial charge in [-0.2, -0.15) is 0 Å². The molecule has 4 heteroatoms. The number of nitrogens with zero attached hydrogens (tertiary/aromatic N) is 2. The van der Waals surface area contributed by atoms with E-state index in [1.807, 2.05) is 6.07 Å². The molecule has 0 fully saturated rings. The van der Waals surface area contributed by atoms with Crippen LogP contribution in [0.4, 0.5) is 0 Å². The first-order chi connectivity index (χ1) is 12.0. The fourth-order valence-electron chi connectivity index (χ4n) is 3.02. The van der Waals surface area contributed by atoms with Crippen LogP contribution in [0.5, 0.6) is 5.75 Å². The third kappa shape index (κ3) is 3.69. The van der Waals surface area contributed by atoms with Gasteiger partial charge in [-0.25, -0.2) is 4.98 Å². The van der Waals surface area contributed by atoms with E-state index in [0.717, 1.165) is 29.7 Å². The number of hydrogen-bond donors (Lipinski definition) is 1. The lowest BCUT2D eigenvalue weighted by molar-refractivity contribution is 0.261. The van der Waals surface area contributed by atoms with Crippen LogP contribution in [-0.4, -0.2) is 21.3 Å². The minimum Gasteiger partial charge on any atom is -0.494 e. The van der Waals surface area contributed by atoms with E-state index in [4.69, 9.17) is 4.74 Å². The summed E-state index contributed by atoms with van der Waals surface area (Å²) >= 11 is 0. The molecule has 3 aromatic rings. The minimum absolute atomic E-state index is 0.0508. The fraction of sp³-hybridized carbons (Fsp3) is 0.381. The van der Waals surface area contributed by atoms with Crippen molar-refractivity contribution in [3.63, 3.8) is 0 Å². The molecule has 0 amide bonds. The smallest absolute Gasteiger partial charge is 0.135 e. The molecule has 0 unspecified atom stereocenters. The van der Waals surface area contributed by atoms with Gasteiger partial charge in [0.25, 0.3) is 0 Å². The number of benzene rings is 2. The Labute approximate surface area is 149 Å². The number of aromatic nitrogens is 2. The summed E-state index contributed by atoms with van der Waals surface area (Å²) in [5.74, 6) is 1.62. The Morgan fingerprint density at radius 1 is 0.960 bits per heavy atom.